The summed E-state index contributed by atoms with van der Waals surface area (Å²) in [5.41, 5.74) is 1.52. The Bertz CT molecular complexity index is 753. The zero-order valence-corrected chi connectivity index (χ0v) is 18.7. The summed E-state index contributed by atoms with van der Waals surface area (Å²) in [6.45, 7) is 8.54. The normalized spacial score (nSPS) is 15.0. The van der Waals surface area contributed by atoms with Gasteiger partial charge in [0.2, 0.25) is 17.7 Å². The molecule has 7 heteroatoms. The number of nitrogens with zero attached hydrogens (tertiary/aromatic N) is 3. The Morgan fingerprint density at radius 3 is 2.59 bits per heavy atom. The summed E-state index contributed by atoms with van der Waals surface area (Å²) >= 11 is 6.18. The summed E-state index contributed by atoms with van der Waals surface area (Å²) < 4.78 is 0. The van der Waals surface area contributed by atoms with Crippen LogP contribution in [0.3, 0.4) is 0 Å². The second kappa shape index (κ2) is 10.6. The third-order valence-electron chi connectivity index (χ3n) is 5.59. The minimum atomic E-state index is -0.207. The van der Waals surface area contributed by atoms with E-state index in [9.17, 15) is 14.4 Å². The maximum Gasteiger partial charge on any atom is 0.248 e. The van der Waals surface area contributed by atoms with Crippen LogP contribution in [-0.4, -0.2) is 53.8 Å². The highest BCUT2D eigenvalue weighted by Crippen LogP contribution is 2.28. The van der Waals surface area contributed by atoms with Crippen molar-refractivity contribution in [3.05, 3.63) is 28.8 Å². The topological polar surface area (TPSA) is 60.9 Å². The first-order valence-electron chi connectivity index (χ1n) is 10.5. The van der Waals surface area contributed by atoms with Crippen LogP contribution in [0.25, 0.3) is 0 Å². The van der Waals surface area contributed by atoms with Crippen molar-refractivity contribution in [2.45, 2.75) is 53.4 Å². The van der Waals surface area contributed by atoms with Crippen LogP contribution in [0.5, 0.6) is 0 Å². The number of unbranched alkanes of at least 4 members (excludes halogenated alkanes) is 1. The van der Waals surface area contributed by atoms with Gasteiger partial charge in [0, 0.05) is 23.2 Å². The number of halogens is 1. The van der Waals surface area contributed by atoms with Gasteiger partial charge in [0.05, 0.1) is 6.54 Å². The van der Waals surface area contributed by atoms with Gasteiger partial charge in [0.15, 0.2) is 0 Å². The SMILES string of the molecule is CCCC[C@H](CC)C(=O)N(CC)CC(=O)N1CC(=O)N(c2cccc(Cl)c2C)C1. The lowest BCUT2D eigenvalue weighted by atomic mass is 9.97. The molecule has 3 amide bonds. The largest absolute Gasteiger partial charge is 0.333 e. The van der Waals surface area contributed by atoms with Crippen LogP contribution in [-0.2, 0) is 14.4 Å². The van der Waals surface area contributed by atoms with Crippen molar-refractivity contribution in [3.8, 4) is 0 Å². The highest BCUT2D eigenvalue weighted by molar-refractivity contribution is 6.31. The Kier molecular flexibility index (Phi) is 8.50. The Hall–Kier alpha value is -2.08. The molecular formula is C22H32ClN3O3. The van der Waals surface area contributed by atoms with Crippen molar-refractivity contribution in [2.75, 3.05) is 31.2 Å². The lowest BCUT2D eigenvalue weighted by Crippen LogP contribution is -2.44. The molecule has 29 heavy (non-hydrogen) atoms. The first kappa shape index (κ1) is 23.2. The molecular weight excluding hydrogens is 390 g/mol. The van der Waals surface area contributed by atoms with E-state index in [2.05, 4.69) is 6.92 Å². The lowest BCUT2D eigenvalue weighted by Gasteiger charge is -2.27. The maximum absolute atomic E-state index is 12.9. The summed E-state index contributed by atoms with van der Waals surface area (Å²) in [6, 6.07) is 5.40. The van der Waals surface area contributed by atoms with E-state index >= 15 is 0 Å². The molecule has 1 aromatic rings. The van der Waals surface area contributed by atoms with Crippen LogP contribution >= 0.6 is 11.6 Å². The molecule has 0 spiro atoms. The summed E-state index contributed by atoms with van der Waals surface area (Å²) in [7, 11) is 0. The van der Waals surface area contributed by atoms with E-state index in [-0.39, 0.29) is 43.4 Å². The van der Waals surface area contributed by atoms with Crippen LogP contribution in [0.1, 0.15) is 52.0 Å². The van der Waals surface area contributed by atoms with Gasteiger partial charge in [-0.1, -0.05) is 44.4 Å². The zero-order chi connectivity index (χ0) is 21.6. The average molecular weight is 422 g/mol. The Morgan fingerprint density at radius 1 is 1.24 bits per heavy atom. The number of carbonyl (C=O) groups is 3. The van der Waals surface area contributed by atoms with Crippen molar-refractivity contribution in [1.82, 2.24) is 9.80 Å². The molecule has 1 fully saturated rings. The number of likely N-dealkylation sites (N-methyl/N-ethyl adjacent to an activating group) is 1. The van der Waals surface area contributed by atoms with Crippen LogP contribution in [0, 0.1) is 12.8 Å². The highest BCUT2D eigenvalue weighted by Gasteiger charge is 2.34. The van der Waals surface area contributed by atoms with E-state index in [4.69, 9.17) is 11.6 Å². The molecule has 0 aromatic heterocycles. The first-order valence-corrected chi connectivity index (χ1v) is 10.8. The van der Waals surface area contributed by atoms with Crippen molar-refractivity contribution >= 4 is 35.0 Å². The number of carbonyl (C=O) groups excluding carboxylic acids is 3. The van der Waals surface area contributed by atoms with Crippen LogP contribution < -0.4 is 4.90 Å². The van der Waals surface area contributed by atoms with Gasteiger partial charge in [-0.2, -0.15) is 0 Å². The fourth-order valence-electron chi connectivity index (χ4n) is 3.63. The number of rotatable bonds is 9. The highest BCUT2D eigenvalue weighted by atomic mass is 35.5. The monoisotopic (exact) mass is 421 g/mol. The number of hydrogen-bond donors (Lipinski definition) is 0. The van der Waals surface area contributed by atoms with Gasteiger partial charge >= 0.3 is 0 Å². The summed E-state index contributed by atoms with van der Waals surface area (Å²) in [5, 5.41) is 0.584. The van der Waals surface area contributed by atoms with Crippen LogP contribution in [0.2, 0.25) is 5.02 Å². The van der Waals surface area contributed by atoms with Crippen molar-refractivity contribution in [2.24, 2.45) is 5.92 Å². The van der Waals surface area contributed by atoms with Gasteiger partial charge in [-0.15, -0.1) is 0 Å². The molecule has 0 aliphatic carbocycles. The fraction of sp³-hybridized carbons (Fsp3) is 0.591. The molecule has 6 nitrogen and oxygen atoms in total. The average Bonchev–Trinajstić information content (AvgIpc) is 3.10. The van der Waals surface area contributed by atoms with E-state index in [0.29, 0.717) is 17.3 Å². The molecule has 0 unspecified atom stereocenters. The summed E-state index contributed by atoms with van der Waals surface area (Å²) in [4.78, 5) is 42.9. The second-order valence-electron chi connectivity index (χ2n) is 7.54. The predicted molar refractivity (Wildman–Crippen MR) is 116 cm³/mol. The van der Waals surface area contributed by atoms with E-state index in [0.717, 1.165) is 31.2 Å². The standard InChI is InChI=1S/C22H32ClN3O3/c1-5-8-10-17(6-2)22(29)24(7-3)13-20(27)25-14-21(28)26(15-25)19-12-9-11-18(23)16(19)4/h9,11-12,17H,5-8,10,13-15H2,1-4H3/t17-/m0/s1. The molecule has 160 valence electrons. The van der Waals surface area contributed by atoms with Crippen molar-refractivity contribution in [3.63, 3.8) is 0 Å². The molecule has 1 aromatic carbocycles. The zero-order valence-electron chi connectivity index (χ0n) is 17.9. The van der Waals surface area contributed by atoms with Gasteiger partial charge in [-0.25, -0.2) is 0 Å². The van der Waals surface area contributed by atoms with Crippen LogP contribution in [0.15, 0.2) is 18.2 Å². The number of amides is 3. The molecule has 1 aliphatic rings. The van der Waals surface area contributed by atoms with E-state index in [1.807, 2.05) is 26.8 Å². The summed E-state index contributed by atoms with van der Waals surface area (Å²) in [6.07, 6.45) is 3.67. The van der Waals surface area contributed by atoms with Crippen molar-refractivity contribution in [1.29, 1.82) is 0 Å². The quantitative estimate of drug-likeness (QED) is 0.608. The van der Waals surface area contributed by atoms with Gasteiger partial charge < -0.3 is 9.80 Å². The number of anilines is 1. The molecule has 1 atom stereocenters. The smallest absolute Gasteiger partial charge is 0.248 e. The third kappa shape index (κ3) is 5.50. The molecule has 1 saturated heterocycles. The fourth-order valence-corrected chi connectivity index (χ4v) is 3.80. The number of benzene rings is 1. The van der Waals surface area contributed by atoms with E-state index < -0.39 is 0 Å². The van der Waals surface area contributed by atoms with Crippen LogP contribution in [0.4, 0.5) is 5.69 Å². The molecule has 0 bridgehead atoms. The molecule has 0 N–H and O–H groups in total. The number of hydrogen-bond acceptors (Lipinski definition) is 3. The minimum Gasteiger partial charge on any atom is -0.333 e. The van der Waals surface area contributed by atoms with Gasteiger partial charge in [-0.3, -0.25) is 19.3 Å². The van der Waals surface area contributed by atoms with E-state index in [1.165, 1.54) is 4.90 Å². The predicted octanol–water partition coefficient (Wildman–Crippen LogP) is 3.85. The van der Waals surface area contributed by atoms with Gasteiger partial charge in [0.1, 0.15) is 13.2 Å². The maximum atomic E-state index is 12.9. The third-order valence-corrected chi connectivity index (χ3v) is 6.00. The van der Waals surface area contributed by atoms with Crippen molar-refractivity contribution < 1.29 is 14.4 Å². The molecule has 1 aliphatic heterocycles. The first-order chi connectivity index (χ1) is 13.8. The minimum absolute atomic E-state index is 0.00755. The Balaban J connectivity index is 2.05. The molecule has 0 saturated carbocycles. The lowest BCUT2D eigenvalue weighted by molar-refractivity contribution is -0.142. The summed E-state index contributed by atoms with van der Waals surface area (Å²) in [5.74, 6) is -0.369. The van der Waals surface area contributed by atoms with Gasteiger partial charge in [0.25, 0.3) is 0 Å². The van der Waals surface area contributed by atoms with Gasteiger partial charge in [-0.05, 0) is 44.4 Å². The Morgan fingerprint density at radius 2 is 1.97 bits per heavy atom. The molecule has 2 rings (SSSR count). The molecule has 0 radical (unpaired) electrons. The Labute approximate surface area is 178 Å². The van der Waals surface area contributed by atoms with E-state index in [1.54, 1.807) is 21.9 Å². The molecule has 1 heterocycles. The second-order valence-corrected chi connectivity index (χ2v) is 7.95.